The summed E-state index contributed by atoms with van der Waals surface area (Å²) < 4.78 is 1.72. The molecule has 6 heteroatoms. The zero-order valence-corrected chi connectivity index (χ0v) is 17.3. The number of piperidine rings is 1. The Hall–Kier alpha value is -0.850. The van der Waals surface area contributed by atoms with Crippen LogP contribution in [0.2, 0.25) is 0 Å². The summed E-state index contributed by atoms with van der Waals surface area (Å²) in [6, 6.07) is 3.17. The fraction of sp³-hybridized carbons (Fsp3) is 0.810. The van der Waals surface area contributed by atoms with Gasteiger partial charge in [-0.15, -0.1) is 0 Å². The Balaban J connectivity index is 1.33. The van der Waals surface area contributed by atoms with E-state index in [2.05, 4.69) is 22.0 Å². The zero-order chi connectivity index (χ0) is 18.5. The number of nitrogens with one attached hydrogen (secondary N) is 1. The number of aryl methyl sites for hydroxylation is 2. The van der Waals surface area contributed by atoms with E-state index in [1.165, 1.54) is 62.0 Å². The molecule has 150 valence electrons. The molecule has 2 aliphatic heterocycles. The van der Waals surface area contributed by atoms with Gasteiger partial charge >= 0.3 is 0 Å². The summed E-state index contributed by atoms with van der Waals surface area (Å²) in [7, 11) is 0. The van der Waals surface area contributed by atoms with Crippen LogP contribution < -0.4 is 10.9 Å². The third kappa shape index (κ3) is 5.15. The number of aromatic nitrogens is 2. The molecule has 0 aromatic carbocycles. The Morgan fingerprint density at radius 3 is 2.81 bits per heavy atom. The molecule has 0 radical (unpaired) electrons. The maximum Gasteiger partial charge on any atom is 0.267 e. The number of likely N-dealkylation sites (tertiary alicyclic amines) is 1. The first-order chi connectivity index (χ1) is 13.3. The Morgan fingerprint density at radius 2 is 1.93 bits per heavy atom. The molecule has 2 fully saturated rings. The molecule has 1 unspecified atom stereocenters. The van der Waals surface area contributed by atoms with E-state index in [0.717, 1.165) is 44.7 Å². The van der Waals surface area contributed by atoms with Crippen molar-refractivity contribution in [1.29, 1.82) is 0 Å². The van der Waals surface area contributed by atoms with E-state index in [0.29, 0.717) is 12.1 Å². The molecule has 1 aromatic heterocycles. The first-order valence-electron chi connectivity index (χ1n) is 10.9. The molecule has 0 saturated carbocycles. The van der Waals surface area contributed by atoms with Crippen molar-refractivity contribution >= 4 is 11.8 Å². The molecule has 1 aliphatic carbocycles. The second-order valence-electron chi connectivity index (χ2n) is 8.37. The molecule has 5 nitrogen and oxygen atoms in total. The lowest BCUT2D eigenvalue weighted by Crippen LogP contribution is -2.49. The summed E-state index contributed by atoms with van der Waals surface area (Å²) in [4.78, 5) is 15.0. The molecule has 1 N–H and O–H groups in total. The summed E-state index contributed by atoms with van der Waals surface area (Å²) in [5, 5.41) is 8.53. The lowest BCUT2D eigenvalue weighted by Gasteiger charge is -2.37. The van der Waals surface area contributed by atoms with Crippen LogP contribution in [0.25, 0.3) is 0 Å². The van der Waals surface area contributed by atoms with Gasteiger partial charge in [0.05, 0.1) is 12.2 Å². The summed E-state index contributed by atoms with van der Waals surface area (Å²) in [6.45, 7) is 3.93. The van der Waals surface area contributed by atoms with Gasteiger partial charge < -0.3 is 5.32 Å². The normalized spacial score (nSPS) is 24.7. The second kappa shape index (κ2) is 9.57. The van der Waals surface area contributed by atoms with Gasteiger partial charge in [-0.2, -0.15) is 16.9 Å². The summed E-state index contributed by atoms with van der Waals surface area (Å²) >= 11 is 2.09. The van der Waals surface area contributed by atoms with Crippen LogP contribution in [0.15, 0.2) is 10.9 Å². The van der Waals surface area contributed by atoms with Crippen molar-refractivity contribution < 1.29 is 0 Å². The zero-order valence-electron chi connectivity index (χ0n) is 16.5. The quantitative estimate of drug-likeness (QED) is 0.809. The number of hydrogen-bond donors (Lipinski definition) is 1. The molecule has 0 bridgehead atoms. The second-order valence-corrected chi connectivity index (χ2v) is 9.59. The Bertz CT molecular complexity index is 671. The molecule has 3 heterocycles. The summed E-state index contributed by atoms with van der Waals surface area (Å²) in [6.07, 6.45) is 11.0. The van der Waals surface area contributed by atoms with Crippen molar-refractivity contribution in [3.8, 4) is 0 Å². The van der Waals surface area contributed by atoms with Gasteiger partial charge in [0.25, 0.3) is 5.56 Å². The average Bonchev–Trinajstić information content (AvgIpc) is 2.72. The first-order valence-corrected chi connectivity index (χ1v) is 12.1. The van der Waals surface area contributed by atoms with Gasteiger partial charge in [0, 0.05) is 31.2 Å². The number of rotatable bonds is 6. The van der Waals surface area contributed by atoms with Crippen molar-refractivity contribution in [3.63, 3.8) is 0 Å². The highest BCUT2D eigenvalue weighted by Crippen LogP contribution is 2.20. The van der Waals surface area contributed by atoms with E-state index in [1.54, 1.807) is 4.68 Å². The third-order valence-electron chi connectivity index (χ3n) is 6.49. The molecule has 2 saturated heterocycles. The predicted molar refractivity (Wildman–Crippen MR) is 113 cm³/mol. The highest BCUT2D eigenvalue weighted by Gasteiger charge is 2.24. The fourth-order valence-corrected chi connectivity index (χ4v) is 5.88. The van der Waals surface area contributed by atoms with Gasteiger partial charge in [-0.1, -0.05) is 6.42 Å². The van der Waals surface area contributed by atoms with Crippen molar-refractivity contribution in [2.75, 3.05) is 31.1 Å². The van der Waals surface area contributed by atoms with Gasteiger partial charge in [-0.25, -0.2) is 4.68 Å². The molecule has 4 rings (SSSR count). The smallest absolute Gasteiger partial charge is 0.267 e. The predicted octanol–water partition coefficient (Wildman–Crippen LogP) is 2.46. The van der Waals surface area contributed by atoms with Crippen LogP contribution >= 0.6 is 11.8 Å². The van der Waals surface area contributed by atoms with Crippen LogP contribution in [0.3, 0.4) is 0 Å². The van der Waals surface area contributed by atoms with E-state index in [4.69, 9.17) is 5.10 Å². The highest BCUT2D eigenvalue weighted by atomic mass is 32.2. The molecule has 27 heavy (non-hydrogen) atoms. The van der Waals surface area contributed by atoms with E-state index >= 15 is 0 Å². The number of nitrogens with zero attached hydrogens (tertiary/aromatic N) is 3. The lowest BCUT2D eigenvalue weighted by molar-refractivity contribution is 0.134. The van der Waals surface area contributed by atoms with Gasteiger partial charge in [0.1, 0.15) is 0 Å². The number of hydrogen-bond acceptors (Lipinski definition) is 5. The largest absolute Gasteiger partial charge is 0.312 e. The molecular weight excluding hydrogens is 356 g/mol. The standard InChI is InChI=1S/C21H34N4OS/c26-21-15-17-5-1-2-7-20(17)23-25(21)12-11-24-10-4-3-6-19(24)16-22-18-8-13-27-14-9-18/h15,18-19,22H,1-14,16H2. The van der Waals surface area contributed by atoms with Crippen molar-refractivity contribution in [3.05, 3.63) is 27.7 Å². The van der Waals surface area contributed by atoms with Gasteiger partial charge in [-0.05, 0) is 75.0 Å². The van der Waals surface area contributed by atoms with Crippen molar-refractivity contribution in [2.45, 2.75) is 76.4 Å². The minimum atomic E-state index is 0.0852. The molecule has 1 aromatic rings. The highest BCUT2D eigenvalue weighted by molar-refractivity contribution is 7.99. The minimum absolute atomic E-state index is 0.0852. The van der Waals surface area contributed by atoms with Crippen LogP contribution in [0, 0.1) is 0 Å². The van der Waals surface area contributed by atoms with Crippen LogP contribution in [0.5, 0.6) is 0 Å². The fourth-order valence-electron chi connectivity index (χ4n) is 4.77. The molecule has 3 aliphatic rings. The van der Waals surface area contributed by atoms with Crippen LogP contribution in [-0.2, 0) is 19.4 Å². The number of fused-ring (bicyclic) bond motifs is 1. The summed E-state index contributed by atoms with van der Waals surface area (Å²) in [5.74, 6) is 2.61. The maximum absolute atomic E-state index is 12.4. The van der Waals surface area contributed by atoms with Gasteiger partial charge in [-0.3, -0.25) is 9.69 Å². The van der Waals surface area contributed by atoms with Crippen molar-refractivity contribution in [2.24, 2.45) is 0 Å². The van der Waals surface area contributed by atoms with E-state index in [1.807, 2.05) is 6.07 Å². The van der Waals surface area contributed by atoms with E-state index in [9.17, 15) is 4.79 Å². The SMILES string of the molecule is O=c1cc2c(nn1CCN1CCCCC1CNC1CCSCC1)CCCC2. The Morgan fingerprint density at radius 1 is 1.07 bits per heavy atom. The topological polar surface area (TPSA) is 50.2 Å². The molecular formula is C21H34N4OS. The Kier molecular flexibility index (Phi) is 6.90. The third-order valence-corrected chi connectivity index (χ3v) is 7.53. The average molecular weight is 391 g/mol. The van der Waals surface area contributed by atoms with E-state index in [-0.39, 0.29) is 5.56 Å². The monoisotopic (exact) mass is 390 g/mol. The minimum Gasteiger partial charge on any atom is -0.312 e. The molecule has 0 spiro atoms. The summed E-state index contributed by atoms with van der Waals surface area (Å²) in [5.41, 5.74) is 2.43. The van der Waals surface area contributed by atoms with E-state index < -0.39 is 0 Å². The lowest BCUT2D eigenvalue weighted by atomic mass is 9.97. The van der Waals surface area contributed by atoms with Crippen LogP contribution in [0.1, 0.15) is 56.2 Å². The maximum atomic E-state index is 12.4. The van der Waals surface area contributed by atoms with Gasteiger partial charge in [0.15, 0.2) is 0 Å². The van der Waals surface area contributed by atoms with Crippen molar-refractivity contribution in [1.82, 2.24) is 20.0 Å². The Labute approximate surface area is 167 Å². The van der Waals surface area contributed by atoms with Crippen LogP contribution in [-0.4, -0.2) is 57.9 Å². The molecule has 1 atom stereocenters. The van der Waals surface area contributed by atoms with Gasteiger partial charge in [0.2, 0.25) is 0 Å². The van der Waals surface area contributed by atoms with Crippen LogP contribution in [0.4, 0.5) is 0 Å². The number of thioether (sulfide) groups is 1. The first kappa shape index (κ1) is 19.5. The molecule has 0 amide bonds.